The van der Waals surface area contributed by atoms with E-state index in [9.17, 15) is 4.79 Å². The van der Waals surface area contributed by atoms with Crippen LogP contribution in [0.15, 0.2) is 84.4 Å². The second-order valence-corrected chi connectivity index (χ2v) is 7.96. The molecule has 0 amide bonds. The van der Waals surface area contributed by atoms with E-state index in [4.69, 9.17) is 5.73 Å². The van der Waals surface area contributed by atoms with Gasteiger partial charge in [-0.25, -0.2) is 4.98 Å². The summed E-state index contributed by atoms with van der Waals surface area (Å²) in [4.78, 5) is 17.2. The van der Waals surface area contributed by atoms with Gasteiger partial charge < -0.3 is 5.73 Å². The first-order valence-electron chi connectivity index (χ1n) is 9.42. The van der Waals surface area contributed by atoms with Crippen molar-refractivity contribution >= 4 is 43.8 Å². The normalized spacial score (nSPS) is 11.2. The Hall–Kier alpha value is -3.50. The van der Waals surface area contributed by atoms with Crippen LogP contribution in [0.25, 0.3) is 32.0 Å². The van der Waals surface area contributed by atoms with Crippen LogP contribution in [0.2, 0.25) is 0 Å². The summed E-state index contributed by atoms with van der Waals surface area (Å²) in [6.07, 6.45) is 2.14. The maximum Gasteiger partial charge on any atom is 0.167 e. The Morgan fingerprint density at radius 3 is 2.69 bits per heavy atom. The number of rotatable bonds is 4. The maximum atomic E-state index is 12.9. The number of nitrogen functional groups attached to an aromatic ring is 1. The quantitative estimate of drug-likeness (QED) is 0.373. The lowest BCUT2D eigenvalue weighted by Crippen LogP contribution is -2.04. The number of carbonyl (C=O) groups is 1. The Morgan fingerprint density at radius 2 is 1.83 bits per heavy atom. The molecule has 0 aliphatic heterocycles. The molecule has 2 aromatic heterocycles. The van der Waals surface area contributed by atoms with E-state index in [-0.39, 0.29) is 5.78 Å². The summed E-state index contributed by atoms with van der Waals surface area (Å²) < 4.78 is 1.12. The Kier molecular flexibility index (Phi) is 4.34. The third kappa shape index (κ3) is 3.18. The zero-order valence-corrected chi connectivity index (χ0v) is 16.4. The molecule has 0 radical (unpaired) electrons. The Bertz CT molecular complexity index is 1360. The van der Waals surface area contributed by atoms with Gasteiger partial charge in [0.2, 0.25) is 0 Å². The molecule has 0 unspecified atom stereocenters. The highest BCUT2D eigenvalue weighted by molar-refractivity contribution is 7.17. The van der Waals surface area contributed by atoms with Crippen LogP contribution in [0.1, 0.15) is 15.9 Å². The van der Waals surface area contributed by atoms with E-state index >= 15 is 0 Å². The van der Waals surface area contributed by atoms with Gasteiger partial charge in [0.1, 0.15) is 5.82 Å². The minimum Gasteiger partial charge on any atom is -0.383 e. The minimum atomic E-state index is 0.129. The van der Waals surface area contributed by atoms with Gasteiger partial charge in [-0.15, -0.1) is 11.3 Å². The van der Waals surface area contributed by atoms with Crippen molar-refractivity contribution in [1.29, 1.82) is 0 Å². The largest absolute Gasteiger partial charge is 0.383 e. The summed E-state index contributed by atoms with van der Waals surface area (Å²) in [7, 11) is 0. The van der Waals surface area contributed by atoms with Crippen LogP contribution in [-0.2, 0) is 6.42 Å². The maximum absolute atomic E-state index is 12.9. The van der Waals surface area contributed by atoms with E-state index in [0.29, 0.717) is 12.2 Å². The minimum absolute atomic E-state index is 0.129. The number of fused-ring (bicyclic) bond motifs is 2. The lowest BCUT2D eigenvalue weighted by Gasteiger charge is -2.09. The first-order valence-corrected chi connectivity index (χ1v) is 10.3. The van der Waals surface area contributed by atoms with Crippen LogP contribution in [0.4, 0.5) is 5.82 Å². The van der Waals surface area contributed by atoms with Crippen LogP contribution in [0.3, 0.4) is 0 Å². The van der Waals surface area contributed by atoms with Gasteiger partial charge >= 0.3 is 0 Å². The highest BCUT2D eigenvalue weighted by Gasteiger charge is 2.14. The van der Waals surface area contributed by atoms with Gasteiger partial charge in [-0.3, -0.25) is 4.79 Å². The molecule has 0 aliphatic carbocycles. The molecule has 0 atom stereocenters. The summed E-state index contributed by atoms with van der Waals surface area (Å²) in [6.45, 7) is 0. The van der Waals surface area contributed by atoms with E-state index < -0.39 is 0 Å². The molecule has 0 bridgehead atoms. The number of nitrogens with zero attached hydrogens (tertiary/aromatic N) is 1. The number of benzene rings is 3. The Labute approximate surface area is 172 Å². The molecule has 3 nitrogen and oxygen atoms in total. The van der Waals surface area contributed by atoms with Gasteiger partial charge in [0.15, 0.2) is 5.78 Å². The number of Topliss-reactive ketones (excluding diaryl/α,β-unsaturated/α-hetero) is 1. The lowest BCUT2D eigenvalue weighted by molar-refractivity contribution is 0.0994. The van der Waals surface area contributed by atoms with E-state index in [2.05, 4.69) is 22.5 Å². The van der Waals surface area contributed by atoms with E-state index in [1.54, 1.807) is 17.5 Å². The van der Waals surface area contributed by atoms with E-state index in [0.717, 1.165) is 43.1 Å². The molecule has 2 N–H and O–H groups in total. The molecule has 2 heterocycles. The number of aromatic nitrogens is 1. The molecular formula is C25H18N2OS. The van der Waals surface area contributed by atoms with Gasteiger partial charge in [-0.1, -0.05) is 60.7 Å². The zero-order chi connectivity index (χ0) is 19.8. The van der Waals surface area contributed by atoms with Gasteiger partial charge in [0.25, 0.3) is 0 Å². The Morgan fingerprint density at radius 1 is 0.966 bits per heavy atom. The van der Waals surface area contributed by atoms with Crippen molar-refractivity contribution in [2.75, 3.05) is 5.73 Å². The predicted octanol–water partition coefficient (Wildman–Crippen LogP) is 6.12. The summed E-state index contributed by atoms with van der Waals surface area (Å²) in [5, 5.41) is 5.13. The molecule has 0 aliphatic rings. The monoisotopic (exact) mass is 394 g/mol. The average Bonchev–Trinajstić information content (AvgIpc) is 3.19. The number of hydrogen-bond donors (Lipinski definition) is 1. The predicted molar refractivity (Wildman–Crippen MR) is 121 cm³/mol. The van der Waals surface area contributed by atoms with Gasteiger partial charge in [-0.2, -0.15) is 0 Å². The molecule has 0 saturated carbocycles. The number of anilines is 1. The second-order valence-electron chi connectivity index (χ2n) is 7.05. The van der Waals surface area contributed by atoms with Gasteiger partial charge in [0.05, 0.1) is 0 Å². The van der Waals surface area contributed by atoms with Crippen molar-refractivity contribution in [1.82, 2.24) is 4.98 Å². The fourth-order valence-electron chi connectivity index (χ4n) is 3.79. The molecule has 4 heteroatoms. The summed E-state index contributed by atoms with van der Waals surface area (Å²) in [5.41, 5.74) is 10.1. The summed E-state index contributed by atoms with van der Waals surface area (Å²) >= 11 is 1.66. The molecule has 140 valence electrons. The topological polar surface area (TPSA) is 56.0 Å². The number of nitrogens with two attached hydrogens (primary N) is 1. The van der Waals surface area contributed by atoms with Crippen molar-refractivity contribution in [3.8, 4) is 11.1 Å². The van der Waals surface area contributed by atoms with Gasteiger partial charge in [-0.05, 0) is 39.4 Å². The van der Waals surface area contributed by atoms with Crippen molar-refractivity contribution in [3.05, 3.63) is 95.5 Å². The van der Waals surface area contributed by atoms with Crippen molar-refractivity contribution in [2.45, 2.75) is 6.42 Å². The zero-order valence-electron chi connectivity index (χ0n) is 15.6. The van der Waals surface area contributed by atoms with Crippen molar-refractivity contribution in [3.63, 3.8) is 0 Å². The first-order chi connectivity index (χ1) is 14.2. The SMILES string of the molecule is Nc1nccc2scc(-c3ccc4c(C(=O)Cc5ccccc5)cccc4c3)c12. The van der Waals surface area contributed by atoms with Gasteiger partial charge in [0, 0.05) is 33.8 Å². The fourth-order valence-corrected chi connectivity index (χ4v) is 4.76. The number of carbonyl (C=O) groups excluding carboxylic acids is 1. The van der Waals surface area contributed by atoms with E-state index in [1.165, 1.54) is 0 Å². The number of pyridine rings is 1. The first kappa shape index (κ1) is 17.6. The highest BCUT2D eigenvalue weighted by atomic mass is 32.1. The van der Waals surface area contributed by atoms with Crippen LogP contribution in [0.5, 0.6) is 0 Å². The lowest BCUT2D eigenvalue weighted by atomic mass is 9.95. The molecule has 29 heavy (non-hydrogen) atoms. The molecule has 5 aromatic rings. The smallest absolute Gasteiger partial charge is 0.167 e. The van der Waals surface area contributed by atoms with Crippen molar-refractivity contribution in [2.24, 2.45) is 0 Å². The highest BCUT2D eigenvalue weighted by Crippen LogP contribution is 2.37. The third-order valence-electron chi connectivity index (χ3n) is 5.21. The van der Waals surface area contributed by atoms with Crippen LogP contribution < -0.4 is 5.73 Å². The van der Waals surface area contributed by atoms with E-state index in [1.807, 2.05) is 60.7 Å². The number of thiophene rings is 1. The third-order valence-corrected chi connectivity index (χ3v) is 6.16. The Balaban J connectivity index is 1.57. The second kappa shape index (κ2) is 7.15. The molecule has 5 rings (SSSR count). The molecule has 0 spiro atoms. The van der Waals surface area contributed by atoms with Crippen molar-refractivity contribution < 1.29 is 4.79 Å². The van der Waals surface area contributed by atoms with Crippen LogP contribution in [-0.4, -0.2) is 10.8 Å². The van der Waals surface area contributed by atoms with Crippen LogP contribution in [0, 0.1) is 0 Å². The summed E-state index contributed by atoms with van der Waals surface area (Å²) in [6, 6.07) is 24.0. The average molecular weight is 394 g/mol. The molecule has 0 saturated heterocycles. The molecule has 3 aromatic carbocycles. The van der Waals surface area contributed by atoms with Crippen LogP contribution >= 0.6 is 11.3 Å². The standard InChI is InChI=1S/C25H18N2OS/c26-25-24-21(15-29-23(24)11-12-27-25)18-9-10-19-17(14-18)7-4-8-20(19)22(28)13-16-5-2-1-3-6-16/h1-12,14-15H,13H2,(H2,26,27). The molecular weight excluding hydrogens is 376 g/mol. The number of hydrogen-bond acceptors (Lipinski definition) is 4. The fraction of sp³-hybridized carbons (Fsp3) is 0.0400. The number of ketones is 1. The summed E-state index contributed by atoms with van der Waals surface area (Å²) in [5.74, 6) is 0.676. The molecule has 0 fully saturated rings.